The Morgan fingerprint density at radius 2 is 1.77 bits per heavy atom. The largest absolute Gasteiger partial charge is 0.481 e. The van der Waals surface area contributed by atoms with Crippen LogP contribution in [0.4, 0.5) is 0 Å². The summed E-state index contributed by atoms with van der Waals surface area (Å²) in [5, 5.41) is 19.2. The normalized spacial score (nSPS) is 38.8. The van der Waals surface area contributed by atoms with Gasteiger partial charge < -0.3 is 10.2 Å². The van der Waals surface area contributed by atoms with Crippen LogP contribution in [0.1, 0.15) is 92.4 Å². The number of allylic oxidation sites excluding steroid dienone is 1. The van der Waals surface area contributed by atoms with E-state index in [1.165, 1.54) is 32.1 Å². The van der Waals surface area contributed by atoms with Gasteiger partial charge in [0.25, 0.3) is 0 Å². The van der Waals surface area contributed by atoms with Gasteiger partial charge in [0.1, 0.15) is 0 Å². The van der Waals surface area contributed by atoms with Crippen LogP contribution < -0.4 is 0 Å². The minimum Gasteiger partial charge on any atom is -0.481 e. The van der Waals surface area contributed by atoms with E-state index in [0.717, 1.165) is 30.6 Å². The molecule has 2 fully saturated rings. The highest BCUT2D eigenvalue weighted by atomic mass is 16.4. The molecular formula is C26H42O4. The molecule has 2 saturated carbocycles. The van der Waals surface area contributed by atoms with Gasteiger partial charge in [0.05, 0.1) is 0 Å². The van der Waals surface area contributed by atoms with Crippen LogP contribution in [0.5, 0.6) is 0 Å². The van der Waals surface area contributed by atoms with E-state index in [9.17, 15) is 19.8 Å². The molecule has 4 nitrogen and oxygen atoms in total. The fourth-order valence-corrected chi connectivity index (χ4v) is 7.78. The quantitative estimate of drug-likeness (QED) is 0.454. The van der Waals surface area contributed by atoms with Gasteiger partial charge >= 0.3 is 11.9 Å². The molecule has 0 spiro atoms. The molecule has 4 heteroatoms. The lowest BCUT2D eigenvalue weighted by Crippen LogP contribution is -2.44. The molecule has 170 valence electrons. The molecule has 0 radical (unpaired) electrons. The molecule has 0 aromatic rings. The van der Waals surface area contributed by atoms with Gasteiger partial charge in [-0.05, 0) is 73.0 Å². The molecule has 30 heavy (non-hydrogen) atoms. The molecule has 0 saturated heterocycles. The van der Waals surface area contributed by atoms with E-state index in [1.54, 1.807) is 0 Å². The van der Waals surface area contributed by atoms with E-state index in [4.69, 9.17) is 0 Å². The highest BCUT2D eigenvalue weighted by Gasteiger charge is 2.60. The Balaban J connectivity index is 1.79. The molecule has 0 aromatic carbocycles. The van der Waals surface area contributed by atoms with Gasteiger partial charge in [-0.2, -0.15) is 0 Å². The summed E-state index contributed by atoms with van der Waals surface area (Å²) in [6, 6.07) is 0. The number of fused-ring (bicyclic) bond motifs is 3. The van der Waals surface area contributed by atoms with Crippen molar-refractivity contribution >= 4 is 11.9 Å². The van der Waals surface area contributed by atoms with Gasteiger partial charge in [-0.25, -0.2) is 4.79 Å². The standard InChI is InChI=1S/C26H42O4/c1-16(2)7-6-8-17(3)19-9-10-20-18-15-22(24(29)30)26(5,14-12-23(27)28)21(18)11-13-25(19,20)4/h15-21H,6-14H2,1-5H3,(H,27,28)(H,29,30)/t17-,18-,19-,20+,21-,25-,26+/m1/s1. The van der Waals surface area contributed by atoms with Crippen LogP contribution in [0.2, 0.25) is 0 Å². The highest BCUT2D eigenvalue weighted by molar-refractivity contribution is 5.89. The lowest BCUT2D eigenvalue weighted by molar-refractivity contribution is -0.139. The van der Waals surface area contributed by atoms with E-state index >= 15 is 0 Å². The Morgan fingerprint density at radius 1 is 1.07 bits per heavy atom. The molecule has 0 unspecified atom stereocenters. The predicted molar refractivity (Wildman–Crippen MR) is 119 cm³/mol. The van der Waals surface area contributed by atoms with Crippen molar-refractivity contribution in [3.05, 3.63) is 11.6 Å². The molecule has 0 heterocycles. The maximum Gasteiger partial charge on any atom is 0.331 e. The van der Waals surface area contributed by atoms with E-state index in [2.05, 4.69) is 33.8 Å². The van der Waals surface area contributed by atoms with Gasteiger partial charge in [0, 0.05) is 17.4 Å². The molecule has 0 aliphatic heterocycles. The number of aliphatic carboxylic acids is 2. The van der Waals surface area contributed by atoms with Crippen molar-refractivity contribution in [1.29, 1.82) is 0 Å². The van der Waals surface area contributed by atoms with Crippen molar-refractivity contribution in [3.8, 4) is 0 Å². The van der Waals surface area contributed by atoms with Crippen molar-refractivity contribution in [2.45, 2.75) is 92.4 Å². The Labute approximate surface area is 182 Å². The Morgan fingerprint density at radius 3 is 2.37 bits per heavy atom. The van der Waals surface area contributed by atoms with Crippen LogP contribution in [0, 0.1) is 46.3 Å². The van der Waals surface area contributed by atoms with E-state index in [-0.39, 0.29) is 17.8 Å². The average molecular weight is 419 g/mol. The highest BCUT2D eigenvalue weighted by Crippen LogP contribution is 2.67. The van der Waals surface area contributed by atoms with Crippen molar-refractivity contribution in [2.75, 3.05) is 0 Å². The zero-order valence-electron chi connectivity index (χ0n) is 19.6. The molecule has 0 aromatic heterocycles. The summed E-state index contributed by atoms with van der Waals surface area (Å²) in [6.07, 6.45) is 11.1. The third kappa shape index (κ3) is 4.08. The summed E-state index contributed by atoms with van der Waals surface area (Å²) in [4.78, 5) is 23.4. The van der Waals surface area contributed by atoms with Gasteiger partial charge in [-0.15, -0.1) is 0 Å². The smallest absolute Gasteiger partial charge is 0.331 e. The van der Waals surface area contributed by atoms with Crippen LogP contribution in [0.15, 0.2) is 11.6 Å². The topological polar surface area (TPSA) is 74.6 Å². The molecule has 0 amide bonds. The first kappa shape index (κ1) is 23.3. The van der Waals surface area contributed by atoms with Crippen molar-refractivity contribution in [3.63, 3.8) is 0 Å². The number of carbonyl (C=O) groups is 2. The first-order valence-electron chi connectivity index (χ1n) is 12.2. The van der Waals surface area contributed by atoms with Crippen LogP contribution in [-0.4, -0.2) is 22.2 Å². The fourth-order valence-electron chi connectivity index (χ4n) is 7.78. The van der Waals surface area contributed by atoms with Gasteiger partial charge in [-0.1, -0.05) is 60.0 Å². The molecular weight excluding hydrogens is 376 g/mol. The van der Waals surface area contributed by atoms with Crippen LogP contribution >= 0.6 is 0 Å². The Hall–Kier alpha value is -1.32. The monoisotopic (exact) mass is 418 g/mol. The van der Waals surface area contributed by atoms with Gasteiger partial charge in [0.2, 0.25) is 0 Å². The summed E-state index contributed by atoms with van der Waals surface area (Å²) < 4.78 is 0. The molecule has 7 atom stereocenters. The lowest BCUT2D eigenvalue weighted by atomic mass is 9.53. The summed E-state index contributed by atoms with van der Waals surface area (Å²) in [5.74, 6) is 1.63. The SMILES string of the molecule is CC(C)CCC[C@@H](C)[C@H]1CC[C@H]2[C@H]3C=C(C(=O)O)[C@@](C)(CCC(=O)O)[C@@H]3CC[C@]12C. The number of carboxylic acids is 2. The van der Waals surface area contributed by atoms with Gasteiger partial charge in [0.15, 0.2) is 0 Å². The minimum atomic E-state index is -0.851. The van der Waals surface area contributed by atoms with Crippen molar-refractivity contribution in [1.82, 2.24) is 0 Å². The summed E-state index contributed by atoms with van der Waals surface area (Å²) in [7, 11) is 0. The zero-order chi connectivity index (χ0) is 22.3. The Bertz CT molecular complexity index is 695. The van der Waals surface area contributed by atoms with Crippen LogP contribution in [0.25, 0.3) is 0 Å². The first-order valence-corrected chi connectivity index (χ1v) is 12.2. The fraction of sp³-hybridized carbons (Fsp3) is 0.846. The Kier molecular flexibility index (Phi) is 6.74. The zero-order valence-corrected chi connectivity index (χ0v) is 19.6. The number of carboxylic acid groups (broad SMARTS) is 2. The minimum absolute atomic E-state index is 0.0434. The van der Waals surface area contributed by atoms with Crippen LogP contribution in [-0.2, 0) is 9.59 Å². The lowest BCUT2D eigenvalue weighted by Gasteiger charge is -2.51. The van der Waals surface area contributed by atoms with Crippen LogP contribution in [0.3, 0.4) is 0 Å². The second-order valence-corrected chi connectivity index (χ2v) is 11.5. The summed E-state index contributed by atoms with van der Waals surface area (Å²) in [5.41, 5.74) is 0.254. The van der Waals surface area contributed by atoms with Crippen molar-refractivity contribution < 1.29 is 19.8 Å². The molecule has 3 aliphatic carbocycles. The number of rotatable bonds is 9. The number of hydrogen-bond acceptors (Lipinski definition) is 2. The third-order valence-corrected chi connectivity index (χ3v) is 9.42. The van der Waals surface area contributed by atoms with E-state index in [1.807, 2.05) is 6.92 Å². The molecule has 0 bridgehead atoms. The first-order chi connectivity index (χ1) is 14.0. The molecule has 2 N–H and O–H groups in total. The second kappa shape index (κ2) is 8.67. The van der Waals surface area contributed by atoms with E-state index < -0.39 is 17.4 Å². The van der Waals surface area contributed by atoms with Crippen molar-refractivity contribution in [2.24, 2.45) is 46.3 Å². The maximum absolute atomic E-state index is 12.1. The third-order valence-electron chi connectivity index (χ3n) is 9.42. The average Bonchev–Trinajstić information content (AvgIpc) is 3.14. The summed E-state index contributed by atoms with van der Waals surface area (Å²) >= 11 is 0. The summed E-state index contributed by atoms with van der Waals surface area (Å²) in [6.45, 7) is 11.5. The number of hydrogen-bond donors (Lipinski definition) is 2. The van der Waals surface area contributed by atoms with Gasteiger partial charge in [-0.3, -0.25) is 4.79 Å². The maximum atomic E-state index is 12.1. The second-order valence-electron chi connectivity index (χ2n) is 11.5. The predicted octanol–water partition coefficient (Wildman–Crippen LogP) is 6.40. The molecule has 3 rings (SSSR count). The van der Waals surface area contributed by atoms with E-state index in [0.29, 0.717) is 23.8 Å². The molecule has 3 aliphatic rings.